The van der Waals surface area contributed by atoms with Gasteiger partial charge in [-0.15, -0.1) is 0 Å². The number of urea groups is 1. The Hall–Kier alpha value is -2.57. The van der Waals surface area contributed by atoms with E-state index in [0.29, 0.717) is 17.1 Å². The minimum absolute atomic E-state index is 0.187. The Labute approximate surface area is 147 Å². The molecule has 0 aliphatic carbocycles. The SMILES string of the molecule is COc1ccc([C@@]2(C)NC(=O)N(CC(=O)C(C)(C)C)C2=O)cc1OC. The average molecular weight is 348 g/mol. The molecular weight excluding hydrogens is 324 g/mol. The number of hydrogen-bond acceptors (Lipinski definition) is 5. The van der Waals surface area contributed by atoms with Crippen LogP contribution in [0, 0.1) is 5.41 Å². The zero-order valence-electron chi connectivity index (χ0n) is 15.4. The molecule has 7 nitrogen and oxygen atoms in total. The molecule has 0 saturated carbocycles. The lowest BCUT2D eigenvalue weighted by Gasteiger charge is -2.24. The number of amides is 3. The monoisotopic (exact) mass is 348 g/mol. The van der Waals surface area contributed by atoms with Gasteiger partial charge in [0.15, 0.2) is 17.3 Å². The summed E-state index contributed by atoms with van der Waals surface area (Å²) >= 11 is 0. The van der Waals surface area contributed by atoms with Gasteiger partial charge < -0.3 is 14.8 Å². The third-order valence-corrected chi connectivity index (χ3v) is 4.37. The number of ketones is 1. The van der Waals surface area contributed by atoms with Crippen molar-refractivity contribution in [3.8, 4) is 11.5 Å². The van der Waals surface area contributed by atoms with Crippen LogP contribution in [0.1, 0.15) is 33.3 Å². The van der Waals surface area contributed by atoms with E-state index < -0.39 is 22.9 Å². The first-order valence-corrected chi connectivity index (χ1v) is 7.94. The molecule has 7 heteroatoms. The molecule has 0 radical (unpaired) electrons. The van der Waals surface area contributed by atoms with E-state index >= 15 is 0 Å². The van der Waals surface area contributed by atoms with E-state index in [9.17, 15) is 14.4 Å². The molecule has 0 spiro atoms. The first-order chi connectivity index (χ1) is 11.5. The van der Waals surface area contributed by atoms with Crippen LogP contribution < -0.4 is 14.8 Å². The lowest BCUT2D eigenvalue weighted by atomic mass is 9.89. The third kappa shape index (κ3) is 3.31. The molecule has 1 aromatic carbocycles. The summed E-state index contributed by atoms with van der Waals surface area (Å²) in [6.45, 7) is 6.61. The van der Waals surface area contributed by atoms with Gasteiger partial charge in [-0.3, -0.25) is 14.5 Å². The van der Waals surface area contributed by atoms with Crippen molar-refractivity contribution in [2.24, 2.45) is 5.41 Å². The third-order valence-electron chi connectivity index (χ3n) is 4.37. The van der Waals surface area contributed by atoms with E-state index in [1.807, 2.05) is 0 Å². The Kier molecular flexibility index (Phi) is 4.79. The predicted octanol–water partition coefficient (Wildman–Crippen LogP) is 2.09. The van der Waals surface area contributed by atoms with Gasteiger partial charge in [0, 0.05) is 5.41 Å². The Morgan fingerprint density at radius 3 is 2.28 bits per heavy atom. The Morgan fingerprint density at radius 1 is 1.16 bits per heavy atom. The smallest absolute Gasteiger partial charge is 0.325 e. The van der Waals surface area contributed by atoms with Gasteiger partial charge in [0.2, 0.25) is 0 Å². The molecule has 1 heterocycles. The molecule has 25 heavy (non-hydrogen) atoms. The zero-order chi connectivity index (χ0) is 19.0. The standard InChI is InChI=1S/C18H24N2O5/c1-17(2,3)14(21)10-20-15(22)18(4,19-16(20)23)11-7-8-12(24-5)13(9-11)25-6/h7-9H,10H2,1-6H3,(H,19,23)/t18-/m1/s1. The number of rotatable bonds is 5. The Bertz CT molecular complexity index is 723. The van der Waals surface area contributed by atoms with Crippen LogP contribution in [0.25, 0.3) is 0 Å². The number of nitrogens with zero attached hydrogens (tertiary/aromatic N) is 1. The highest BCUT2D eigenvalue weighted by atomic mass is 16.5. The fraction of sp³-hybridized carbons (Fsp3) is 0.500. The maximum Gasteiger partial charge on any atom is 0.325 e. The normalized spacial score (nSPS) is 20.5. The summed E-state index contributed by atoms with van der Waals surface area (Å²) in [7, 11) is 3.01. The quantitative estimate of drug-likeness (QED) is 0.824. The van der Waals surface area contributed by atoms with Crippen molar-refractivity contribution in [3.63, 3.8) is 0 Å². The number of methoxy groups -OCH3 is 2. The Balaban J connectivity index is 2.35. The van der Waals surface area contributed by atoms with E-state index in [2.05, 4.69) is 5.32 Å². The summed E-state index contributed by atoms with van der Waals surface area (Å²) in [5, 5.41) is 2.68. The number of nitrogens with one attached hydrogen (secondary N) is 1. The molecule has 0 aromatic heterocycles. The van der Waals surface area contributed by atoms with Gasteiger partial charge in [-0.2, -0.15) is 0 Å². The summed E-state index contributed by atoms with van der Waals surface area (Å²) in [6, 6.07) is 4.42. The van der Waals surface area contributed by atoms with E-state index in [4.69, 9.17) is 9.47 Å². The highest BCUT2D eigenvalue weighted by Gasteiger charge is 2.50. The van der Waals surface area contributed by atoms with Crippen LogP contribution in [-0.4, -0.2) is 43.4 Å². The molecule has 1 fully saturated rings. The lowest BCUT2D eigenvalue weighted by Crippen LogP contribution is -2.42. The van der Waals surface area contributed by atoms with E-state index in [0.717, 1.165) is 4.90 Å². The molecule has 1 aliphatic heterocycles. The molecule has 1 aromatic rings. The number of ether oxygens (including phenoxy) is 2. The van der Waals surface area contributed by atoms with E-state index in [1.54, 1.807) is 45.9 Å². The second-order valence-corrected chi connectivity index (χ2v) is 7.19. The molecule has 1 N–H and O–H groups in total. The number of carbonyl (C=O) groups excluding carboxylic acids is 3. The van der Waals surface area contributed by atoms with Gasteiger partial charge in [-0.05, 0) is 24.6 Å². The van der Waals surface area contributed by atoms with E-state index in [-0.39, 0.29) is 12.3 Å². The molecular formula is C18H24N2O5. The van der Waals surface area contributed by atoms with Crippen LogP contribution >= 0.6 is 0 Å². The largest absolute Gasteiger partial charge is 0.493 e. The number of hydrogen-bond donors (Lipinski definition) is 1. The highest BCUT2D eigenvalue weighted by molar-refractivity contribution is 6.09. The second kappa shape index (κ2) is 6.38. The van der Waals surface area contributed by atoms with Crippen molar-refractivity contribution in [1.82, 2.24) is 10.2 Å². The number of carbonyl (C=O) groups is 3. The first-order valence-electron chi connectivity index (χ1n) is 7.94. The predicted molar refractivity (Wildman–Crippen MR) is 91.6 cm³/mol. The van der Waals surface area contributed by atoms with Crippen molar-refractivity contribution >= 4 is 17.7 Å². The fourth-order valence-corrected chi connectivity index (χ4v) is 2.56. The molecule has 1 aliphatic rings. The van der Waals surface area contributed by atoms with Crippen LogP contribution in [0.5, 0.6) is 11.5 Å². The molecule has 1 saturated heterocycles. The van der Waals surface area contributed by atoms with Crippen LogP contribution in [0.4, 0.5) is 4.79 Å². The van der Waals surface area contributed by atoms with Crippen LogP contribution in [0.15, 0.2) is 18.2 Å². The minimum atomic E-state index is -1.27. The maximum absolute atomic E-state index is 12.9. The van der Waals surface area contributed by atoms with Crippen LogP contribution in [-0.2, 0) is 15.1 Å². The summed E-state index contributed by atoms with van der Waals surface area (Å²) in [5.41, 5.74) is -1.35. The maximum atomic E-state index is 12.9. The van der Waals surface area contributed by atoms with Crippen molar-refractivity contribution < 1.29 is 23.9 Å². The number of imide groups is 1. The topological polar surface area (TPSA) is 84.9 Å². The van der Waals surface area contributed by atoms with Crippen molar-refractivity contribution in [2.75, 3.05) is 20.8 Å². The molecule has 1 atom stereocenters. The molecule has 0 bridgehead atoms. The van der Waals surface area contributed by atoms with E-state index in [1.165, 1.54) is 14.2 Å². The van der Waals surface area contributed by atoms with Crippen molar-refractivity contribution in [1.29, 1.82) is 0 Å². The minimum Gasteiger partial charge on any atom is -0.493 e. The summed E-state index contributed by atoms with van der Waals surface area (Å²) in [5.74, 6) is 0.314. The van der Waals surface area contributed by atoms with Crippen molar-refractivity contribution in [3.05, 3.63) is 23.8 Å². The molecule has 0 unspecified atom stereocenters. The summed E-state index contributed by atoms with van der Waals surface area (Å²) in [6.07, 6.45) is 0. The van der Waals surface area contributed by atoms with Gasteiger partial charge >= 0.3 is 6.03 Å². The number of Topliss-reactive ketones (excluding diaryl/α,β-unsaturated/α-hetero) is 1. The van der Waals surface area contributed by atoms with Gasteiger partial charge in [-0.1, -0.05) is 26.8 Å². The second-order valence-electron chi connectivity index (χ2n) is 7.19. The van der Waals surface area contributed by atoms with Gasteiger partial charge in [0.25, 0.3) is 5.91 Å². The van der Waals surface area contributed by atoms with Gasteiger partial charge in [0.05, 0.1) is 20.8 Å². The number of benzene rings is 1. The van der Waals surface area contributed by atoms with Gasteiger partial charge in [-0.25, -0.2) is 4.79 Å². The molecule has 3 amide bonds. The lowest BCUT2D eigenvalue weighted by molar-refractivity contribution is -0.136. The zero-order valence-corrected chi connectivity index (χ0v) is 15.4. The summed E-state index contributed by atoms with van der Waals surface area (Å²) < 4.78 is 10.5. The summed E-state index contributed by atoms with van der Waals surface area (Å²) in [4.78, 5) is 38.4. The average Bonchev–Trinajstić information content (AvgIpc) is 2.77. The fourth-order valence-electron chi connectivity index (χ4n) is 2.56. The molecule has 136 valence electrons. The van der Waals surface area contributed by atoms with Crippen LogP contribution in [0.2, 0.25) is 0 Å². The van der Waals surface area contributed by atoms with Gasteiger partial charge in [0.1, 0.15) is 5.54 Å². The van der Waals surface area contributed by atoms with Crippen LogP contribution in [0.3, 0.4) is 0 Å². The Morgan fingerprint density at radius 2 is 1.76 bits per heavy atom. The first kappa shape index (κ1) is 18.8. The highest BCUT2D eigenvalue weighted by Crippen LogP contribution is 2.35. The van der Waals surface area contributed by atoms with Crippen molar-refractivity contribution in [2.45, 2.75) is 33.2 Å². The molecule has 2 rings (SSSR count).